The Kier molecular flexibility index (Phi) is 4.02. The van der Waals surface area contributed by atoms with E-state index in [1.54, 1.807) is 0 Å². The SMILES string of the molecule is CC(C)c1c(N)ncnc1Nc1ccc(C(F)(F)F)cc1. The highest BCUT2D eigenvalue weighted by Crippen LogP contribution is 2.32. The summed E-state index contributed by atoms with van der Waals surface area (Å²) < 4.78 is 37.5. The molecule has 3 N–H and O–H groups in total. The van der Waals surface area contributed by atoms with E-state index in [0.29, 0.717) is 17.3 Å². The molecule has 0 aliphatic heterocycles. The lowest BCUT2D eigenvalue weighted by Crippen LogP contribution is -2.07. The van der Waals surface area contributed by atoms with Crippen molar-refractivity contribution >= 4 is 17.3 Å². The molecule has 112 valence electrons. The highest BCUT2D eigenvalue weighted by molar-refractivity contribution is 5.64. The fourth-order valence-electron chi connectivity index (χ4n) is 1.96. The van der Waals surface area contributed by atoms with Crippen molar-refractivity contribution in [1.82, 2.24) is 9.97 Å². The smallest absolute Gasteiger partial charge is 0.383 e. The van der Waals surface area contributed by atoms with Gasteiger partial charge in [0.25, 0.3) is 0 Å². The minimum Gasteiger partial charge on any atom is -0.383 e. The third-order valence-electron chi connectivity index (χ3n) is 2.97. The monoisotopic (exact) mass is 296 g/mol. The summed E-state index contributed by atoms with van der Waals surface area (Å²) in [7, 11) is 0. The van der Waals surface area contributed by atoms with Gasteiger partial charge in [-0.3, -0.25) is 0 Å². The van der Waals surface area contributed by atoms with Crippen LogP contribution in [-0.2, 0) is 6.18 Å². The lowest BCUT2D eigenvalue weighted by Gasteiger charge is -2.15. The lowest BCUT2D eigenvalue weighted by molar-refractivity contribution is -0.137. The highest BCUT2D eigenvalue weighted by Gasteiger charge is 2.30. The van der Waals surface area contributed by atoms with Gasteiger partial charge < -0.3 is 11.1 Å². The Morgan fingerprint density at radius 3 is 2.24 bits per heavy atom. The van der Waals surface area contributed by atoms with Crippen LogP contribution in [0.4, 0.5) is 30.5 Å². The van der Waals surface area contributed by atoms with Crippen molar-refractivity contribution in [3.63, 3.8) is 0 Å². The summed E-state index contributed by atoms with van der Waals surface area (Å²) in [6.07, 6.45) is -3.03. The Labute approximate surface area is 120 Å². The van der Waals surface area contributed by atoms with Gasteiger partial charge >= 0.3 is 6.18 Å². The van der Waals surface area contributed by atoms with Crippen LogP contribution in [0.2, 0.25) is 0 Å². The zero-order valence-corrected chi connectivity index (χ0v) is 11.6. The van der Waals surface area contributed by atoms with Crippen LogP contribution in [0.1, 0.15) is 30.9 Å². The van der Waals surface area contributed by atoms with Crippen molar-refractivity contribution in [2.24, 2.45) is 0 Å². The van der Waals surface area contributed by atoms with Crippen LogP contribution in [0.3, 0.4) is 0 Å². The summed E-state index contributed by atoms with van der Waals surface area (Å²) in [5.74, 6) is 0.940. The van der Waals surface area contributed by atoms with Gasteiger partial charge in [0.15, 0.2) is 0 Å². The first-order valence-corrected chi connectivity index (χ1v) is 6.33. The molecule has 0 saturated heterocycles. The Morgan fingerprint density at radius 2 is 1.71 bits per heavy atom. The summed E-state index contributed by atoms with van der Waals surface area (Å²) in [5.41, 5.74) is 6.36. The van der Waals surface area contributed by atoms with E-state index in [-0.39, 0.29) is 5.92 Å². The van der Waals surface area contributed by atoms with Gasteiger partial charge in [-0.1, -0.05) is 13.8 Å². The van der Waals surface area contributed by atoms with Crippen LogP contribution < -0.4 is 11.1 Å². The quantitative estimate of drug-likeness (QED) is 0.900. The molecule has 0 amide bonds. The number of halogens is 3. The number of nitrogens with zero attached hydrogens (tertiary/aromatic N) is 2. The summed E-state index contributed by atoms with van der Waals surface area (Å²) >= 11 is 0. The highest BCUT2D eigenvalue weighted by atomic mass is 19.4. The van der Waals surface area contributed by atoms with Crippen molar-refractivity contribution < 1.29 is 13.2 Å². The second-order valence-electron chi connectivity index (χ2n) is 4.88. The number of hydrogen-bond acceptors (Lipinski definition) is 4. The van der Waals surface area contributed by atoms with E-state index >= 15 is 0 Å². The van der Waals surface area contributed by atoms with Gasteiger partial charge in [-0.15, -0.1) is 0 Å². The molecule has 1 aromatic carbocycles. The summed E-state index contributed by atoms with van der Waals surface area (Å²) in [6.45, 7) is 3.87. The minimum absolute atomic E-state index is 0.0862. The minimum atomic E-state index is -4.35. The maximum atomic E-state index is 12.5. The number of nitrogen functional groups attached to an aromatic ring is 1. The van der Waals surface area contributed by atoms with Crippen LogP contribution >= 0.6 is 0 Å². The van der Waals surface area contributed by atoms with Gasteiger partial charge in [0, 0.05) is 11.3 Å². The number of aromatic nitrogens is 2. The van der Waals surface area contributed by atoms with Crippen LogP contribution in [0.15, 0.2) is 30.6 Å². The maximum Gasteiger partial charge on any atom is 0.416 e. The van der Waals surface area contributed by atoms with Crippen molar-refractivity contribution in [3.05, 3.63) is 41.7 Å². The van der Waals surface area contributed by atoms with Gasteiger partial charge in [0.1, 0.15) is 18.0 Å². The van der Waals surface area contributed by atoms with E-state index in [4.69, 9.17) is 5.73 Å². The normalized spacial score (nSPS) is 11.7. The number of benzene rings is 1. The predicted molar refractivity (Wildman–Crippen MR) is 75.3 cm³/mol. The first-order chi connectivity index (χ1) is 9.79. The standard InChI is InChI=1S/C14H15F3N4/c1-8(2)11-12(18)19-7-20-13(11)21-10-5-3-9(4-6-10)14(15,16)17/h3-8H,1-2H3,(H3,18,19,20,21). The third-order valence-corrected chi connectivity index (χ3v) is 2.97. The van der Waals surface area contributed by atoms with E-state index in [0.717, 1.165) is 17.7 Å². The van der Waals surface area contributed by atoms with E-state index in [9.17, 15) is 13.2 Å². The molecule has 7 heteroatoms. The van der Waals surface area contributed by atoms with Gasteiger partial charge in [0.05, 0.1) is 5.56 Å². The molecule has 0 unspecified atom stereocenters. The fourth-order valence-corrected chi connectivity index (χ4v) is 1.96. The number of nitrogens with one attached hydrogen (secondary N) is 1. The Hall–Kier alpha value is -2.31. The Balaban J connectivity index is 2.29. The number of anilines is 3. The number of rotatable bonds is 3. The summed E-state index contributed by atoms with van der Waals surface area (Å²) in [4.78, 5) is 8.03. The van der Waals surface area contributed by atoms with E-state index < -0.39 is 11.7 Å². The van der Waals surface area contributed by atoms with E-state index in [1.807, 2.05) is 13.8 Å². The fraction of sp³-hybridized carbons (Fsp3) is 0.286. The van der Waals surface area contributed by atoms with Gasteiger partial charge in [-0.2, -0.15) is 13.2 Å². The first kappa shape index (κ1) is 15.1. The molecule has 2 aromatic rings. The summed E-state index contributed by atoms with van der Waals surface area (Å²) in [5, 5.41) is 2.97. The molecule has 1 heterocycles. The molecule has 0 aliphatic carbocycles. The molecular weight excluding hydrogens is 281 g/mol. The molecule has 0 fully saturated rings. The van der Waals surface area contributed by atoms with Gasteiger partial charge in [0.2, 0.25) is 0 Å². The molecule has 1 aromatic heterocycles. The Morgan fingerprint density at radius 1 is 1.10 bits per heavy atom. The largest absolute Gasteiger partial charge is 0.416 e. The molecule has 4 nitrogen and oxygen atoms in total. The molecule has 0 bridgehead atoms. The molecule has 0 saturated carbocycles. The second-order valence-corrected chi connectivity index (χ2v) is 4.88. The molecule has 0 radical (unpaired) electrons. The molecular formula is C14H15F3N4. The average molecular weight is 296 g/mol. The number of hydrogen-bond donors (Lipinski definition) is 2. The Bertz CT molecular complexity index is 621. The second kappa shape index (κ2) is 5.59. The zero-order chi connectivity index (χ0) is 15.6. The molecule has 2 rings (SSSR count). The molecule has 21 heavy (non-hydrogen) atoms. The van der Waals surface area contributed by atoms with Crippen LogP contribution in [0, 0.1) is 0 Å². The first-order valence-electron chi connectivity index (χ1n) is 6.33. The lowest BCUT2D eigenvalue weighted by atomic mass is 10.0. The molecule has 0 atom stereocenters. The van der Waals surface area contributed by atoms with Crippen LogP contribution in [-0.4, -0.2) is 9.97 Å². The van der Waals surface area contributed by atoms with Gasteiger partial charge in [-0.05, 0) is 30.2 Å². The average Bonchev–Trinajstić information content (AvgIpc) is 2.38. The third kappa shape index (κ3) is 3.42. The van der Waals surface area contributed by atoms with E-state index in [1.165, 1.54) is 18.5 Å². The number of nitrogens with two attached hydrogens (primary N) is 1. The predicted octanol–water partition coefficient (Wildman–Crippen LogP) is 3.94. The van der Waals surface area contributed by atoms with Crippen LogP contribution in [0.5, 0.6) is 0 Å². The maximum absolute atomic E-state index is 12.5. The topological polar surface area (TPSA) is 63.8 Å². The van der Waals surface area contributed by atoms with Crippen molar-refractivity contribution in [2.75, 3.05) is 11.1 Å². The van der Waals surface area contributed by atoms with E-state index in [2.05, 4.69) is 15.3 Å². The number of alkyl halides is 3. The molecule has 0 aliphatic rings. The molecule has 0 spiro atoms. The van der Waals surface area contributed by atoms with Crippen molar-refractivity contribution in [1.29, 1.82) is 0 Å². The van der Waals surface area contributed by atoms with Gasteiger partial charge in [-0.25, -0.2) is 9.97 Å². The zero-order valence-electron chi connectivity index (χ0n) is 11.6. The van der Waals surface area contributed by atoms with Crippen molar-refractivity contribution in [3.8, 4) is 0 Å². The summed E-state index contributed by atoms with van der Waals surface area (Å²) in [6, 6.07) is 4.74. The van der Waals surface area contributed by atoms with Crippen molar-refractivity contribution in [2.45, 2.75) is 25.9 Å². The van der Waals surface area contributed by atoms with Crippen LogP contribution in [0.25, 0.3) is 0 Å².